The number of nitrogens with zero attached hydrogens (tertiary/aromatic N) is 3. The monoisotopic (exact) mass is 326 g/mol. The molecule has 0 atom stereocenters. The number of fused-ring (bicyclic) bond motifs is 2. The summed E-state index contributed by atoms with van der Waals surface area (Å²) in [4.78, 5) is 10.9. The molecular weight excluding hydrogens is 304 g/mol. The van der Waals surface area contributed by atoms with Crippen LogP contribution >= 0.6 is 0 Å². The molecule has 6 heteroatoms. The Morgan fingerprint density at radius 3 is 2.83 bits per heavy atom. The van der Waals surface area contributed by atoms with Crippen molar-refractivity contribution < 1.29 is 9.47 Å². The van der Waals surface area contributed by atoms with Crippen LogP contribution in [0.2, 0.25) is 0 Å². The van der Waals surface area contributed by atoms with Crippen LogP contribution in [0.4, 0.5) is 11.8 Å². The lowest BCUT2D eigenvalue weighted by atomic mass is 9.79. The molecule has 4 rings (SSSR count). The second-order valence-electron chi connectivity index (χ2n) is 6.36. The second kappa shape index (κ2) is 5.94. The van der Waals surface area contributed by atoms with Crippen molar-refractivity contribution in [2.45, 2.75) is 24.9 Å². The van der Waals surface area contributed by atoms with E-state index in [9.17, 15) is 0 Å². The Kier molecular flexibility index (Phi) is 3.76. The van der Waals surface area contributed by atoms with Crippen LogP contribution in [0.25, 0.3) is 0 Å². The van der Waals surface area contributed by atoms with E-state index in [1.165, 1.54) is 11.1 Å². The van der Waals surface area contributed by atoms with E-state index in [1.807, 2.05) is 6.07 Å². The molecule has 3 heterocycles. The molecule has 1 saturated heterocycles. The van der Waals surface area contributed by atoms with E-state index in [0.29, 0.717) is 11.8 Å². The number of aromatic nitrogens is 2. The minimum absolute atomic E-state index is 0.267. The van der Waals surface area contributed by atoms with E-state index >= 15 is 0 Å². The molecule has 0 radical (unpaired) electrons. The number of nitrogen functional groups attached to an aromatic ring is 1. The molecule has 1 aromatic heterocycles. The third-order valence-corrected chi connectivity index (χ3v) is 5.06. The standard InChI is InChI=1S/C18H22N4O2/c1-23-14-4-2-3-13-6-12-24-18(16(13)14)7-10-22(11-8-18)17-20-9-5-15(19)21-17/h2-5,9H,6-8,10-12H2,1H3,(H2,19,20,21). The molecule has 0 saturated carbocycles. The summed E-state index contributed by atoms with van der Waals surface area (Å²) < 4.78 is 11.9. The molecule has 0 aliphatic carbocycles. The first kappa shape index (κ1) is 15.2. The summed E-state index contributed by atoms with van der Waals surface area (Å²) in [5.74, 6) is 2.13. The van der Waals surface area contributed by atoms with Gasteiger partial charge < -0.3 is 20.1 Å². The number of anilines is 2. The first-order valence-electron chi connectivity index (χ1n) is 8.36. The van der Waals surface area contributed by atoms with Crippen LogP contribution in [0.5, 0.6) is 5.75 Å². The van der Waals surface area contributed by atoms with Gasteiger partial charge in [-0.3, -0.25) is 0 Å². The van der Waals surface area contributed by atoms with Gasteiger partial charge in [-0.05, 0) is 37.0 Å². The molecule has 2 aliphatic rings. The van der Waals surface area contributed by atoms with Crippen LogP contribution in [-0.2, 0) is 16.8 Å². The summed E-state index contributed by atoms with van der Waals surface area (Å²) in [6.07, 6.45) is 4.42. The van der Waals surface area contributed by atoms with Crippen LogP contribution in [0.3, 0.4) is 0 Å². The summed E-state index contributed by atoms with van der Waals surface area (Å²) in [7, 11) is 1.73. The normalized spacial score (nSPS) is 19.1. The number of benzene rings is 1. The SMILES string of the molecule is COc1cccc2c1C1(CCN(c3nccc(N)n3)CC1)OCC2. The average Bonchev–Trinajstić information content (AvgIpc) is 2.62. The lowest BCUT2D eigenvalue weighted by molar-refractivity contribution is -0.0780. The van der Waals surface area contributed by atoms with Crippen molar-refractivity contribution in [2.24, 2.45) is 0 Å². The van der Waals surface area contributed by atoms with Crippen LogP contribution in [-0.4, -0.2) is 36.8 Å². The molecule has 1 spiro atoms. The van der Waals surface area contributed by atoms with Gasteiger partial charge in [-0.1, -0.05) is 12.1 Å². The van der Waals surface area contributed by atoms with Crippen LogP contribution in [0, 0.1) is 0 Å². The quantitative estimate of drug-likeness (QED) is 0.911. The fraction of sp³-hybridized carbons (Fsp3) is 0.444. The zero-order chi connectivity index (χ0) is 16.6. The zero-order valence-corrected chi connectivity index (χ0v) is 13.9. The van der Waals surface area contributed by atoms with Crippen molar-refractivity contribution >= 4 is 11.8 Å². The molecule has 2 aromatic rings. The zero-order valence-electron chi connectivity index (χ0n) is 13.9. The maximum Gasteiger partial charge on any atom is 0.227 e. The van der Waals surface area contributed by atoms with E-state index < -0.39 is 0 Å². The third-order valence-electron chi connectivity index (χ3n) is 5.06. The lowest BCUT2D eigenvalue weighted by Crippen LogP contribution is -2.47. The fourth-order valence-corrected chi connectivity index (χ4v) is 3.88. The second-order valence-corrected chi connectivity index (χ2v) is 6.36. The van der Waals surface area contributed by atoms with Crippen LogP contribution in [0.15, 0.2) is 30.5 Å². The number of hydrogen-bond acceptors (Lipinski definition) is 6. The van der Waals surface area contributed by atoms with Crippen molar-refractivity contribution in [3.63, 3.8) is 0 Å². The molecule has 126 valence electrons. The lowest BCUT2D eigenvalue weighted by Gasteiger charge is -2.45. The Bertz CT molecular complexity index is 727. The van der Waals surface area contributed by atoms with Crippen LogP contribution < -0.4 is 15.4 Å². The first-order chi connectivity index (χ1) is 11.7. The molecule has 0 amide bonds. The van der Waals surface area contributed by atoms with E-state index in [-0.39, 0.29) is 5.60 Å². The summed E-state index contributed by atoms with van der Waals surface area (Å²) in [6, 6.07) is 7.99. The van der Waals surface area contributed by atoms with E-state index in [0.717, 1.165) is 44.7 Å². The van der Waals surface area contributed by atoms with Gasteiger partial charge in [0.15, 0.2) is 0 Å². The maximum absolute atomic E-state index is 6.31. The molecule has 2 N–H and O–H groups in total. The number of rotatable bonds is 2. The van der Waals surface area contributed by atoms with Gasteiger partial charge in [0, 0.05) is 24.8 Å². The molecular formula is C18H22N4O2. The number of ether oxygens (including phenoxy) is 2. The highest BCUT2D eigenvalue weighted by atomic mass is 16.5. The van der Waals surface area contributed by atoms with Gasteiger partial charge in [-0.2, -0.15) is 4.98 Å². The summed E-state index contributed by atoms with van der Waals surface area (Å²) in [5, 5.41) is 0. The Hall–Kier alpha value is -2.34. The smallest absolute Gasteiger partial charge is 0.227 e. The van der Waals surface area contributed by atoms with Crippen molar-refractivity contribution in [3.8, 4) is 5.75 Å². The average molecular weight is 326 g/mol. The van der Waals surface area contributed by atoms with Gasteiger partial charge >= 0.3 is 0 Å². The van der Waals surface area contributed by atoms with Crippen molar-refractivity contribution in [1.29, 1.82) is 0 Å². The van der Waals surface area contributed by atoms with Gasteiger partial charge in [0.25, 0.3) is 0 Å². The van der Waals surface area contributed by atoms with Gasteiger partial charge in [0.2, 0.25) is 5.95 Å². The van der Waals surface area contributed by atoms with E-state index in [2.05, 4.69) is 27.0 Å². The molecule has 2 aliphatic heterocycles. The van der Waals surface area contributed by atoms with Crippen LogP contribution in [0.1, 0.15) is 24.0 Å². The fourth-order valence-electron chi connectivity index (χ4n) is 3.88. The van der Waals surface area contributed by atoms with Gasteiger partial charge in [-0.25, -0.2) is 4.98 Å². The highest BCUT2D eigenvalue weighted by molar-refractivity contribution is 5.47. The van der Waals surface area contributed by atoms with E-state index in [4.69, 9.17) is 15.2 Å². The number of nitrogens with two attached hydrogens (primary N) is 1. The molecule has 0 unspecified atom stereocenters. The Morgan fingerprint density at radius 2 is 2.08 bits per heavy atom. The third kappa shape index (κ3) is 2.47. The van der Waals surface area contributed by atoms with E-state index in [1.54, 1.807) is 19.4 Å². The van der Waals surface area contributed by atoms with Crippen molar-refractivity contribution in [1.82, 2.24) is 9.97 Å². The topological polar surface area (TPSA) is 73.5 Å². The maximum atomic E-state index is 6.31. The predicted molar refractivity (Wildman–Crippen MR) is 92.2 cm³/mol. The first-order valence-corrected chi connectivity index (χ1v) is 8.36. The van der Waals surface area contributed by atoms with Crippen molar-refractivity contribution in [3.05, 3.63) is 41.6 Å². The van der Waals surface area contributed by atoms with Gasteiger partial charge in [0.1, 0.15) is 17.2 Å². The summed E-state index contributed by atoms with van der Waals surface area (Å²) >= 11 is 0. The number of methoxy groups -OCH3 is 1. The Balaban J connectivity index is 1.62. The summed E-state index contributed by atoms with van der Waals surface area (Å²) in [5.41, 5.74) is 8.09. The highest BCUT2D eigenvalue weighted by Gasteiger charge is 2.43. The molecule has 1 aromatic carbocycles. The molecule has 0 bridgehead atoms. The largest absolute Gasteiger partial charge is 0.496 e. The molecule has 24 heavy (non-hydrogen) atoms. The Morgan fingerprint density at radius 1 is 1.25 bits per heavy atom. The molecule has 6 nitrogen and oxygen atoms in total. The number of hydrogen-bond donors (Lipinski definition) is 1. The predicted octanol–water partition coefficient (Wildman–Crippen LogP) is 2.14. The Labute approximate surface area is 141 Å². The minimum atomic E-state index is -0.267. The molecule has 1 fully saturated rings. The minimum Gasteiger partial charge on any atom is -0.496 e. The highest BCUT2D eigenvalue weighted by Crippen LogP contribution is 2.46. The van der Waals surface area contributed by atoms with Gasteiger partial charge in [-0.15, -0.1) is 0 Å². The summed E-state index contributed by atoms with van der Waals surface area (Å²) in [6.45, 7) is 2.43. The van der Waals surface area contributed by atoms with Crippen molar-refractivity contribution in [2.75, 3.05) is 37.4 Å². The number of piperidine rings is 1. The van der Waals surface area contributed by atoms with Gasteiger partial charge in [0.05, 0.1) is 13.7 Å².